The van der Waals surface area contributed by atoms with Crippen LogP contribution < -0.4 is 5.73 Å². The third-order valence-electron chi connectivity index (χ3n) is 2.27. The van der Waals surface area contributed by atoms with Gasteiger partial charge in [0.15, 0.2) is 0 Å². The largest absolute Gasteiger partial charge is 0.319 e. The van der Waals surface area contributed by atoms with Crippen LogP contribution in [0.4, 0.5) is 4.39 Å². The van der Waals surface area contributed by atoms with Crippen LogP contribution in [0, 0.1) is 12.7 Å². The van der Waals surface area contributed by atoms with E-state index in [0.717, 1.165) is 22.9 Å². The smallest absolute Gasteiger partial charge is 0.123 e. The van der Waals surface area contributed by atoms with E-state index in [2.05, 4.69) is 8.75 Å². The van der Waals surface area contributed by atoms with Crippen LogP contribution in [-0.2, 0) is 0 Å². The summed E-state index contributed by atoms with van der Waals surface area (Å²) in [4.78, 5) is 0. The number of hydrogen-bond donors (Lipinski definition) is 1. The Labute approximate surface area is 91.1 Å². The number of nitrogens with zero attached hydrogens (tertiary/aromatic N) is 2. The Morgan fingerprint density at radius 3 is 2.93 bits per heavy atom. The summed E-state index contributed by atoms with van der Waals surface area (Å²) in [6.07, 6.45) is 1.61. The lowest BCUT2D eigenvalue weighted by molar-refractivity contribution is 0.622. The predicted molar refractivity (Wildman–Crippen MR) is 57.1 cm³/mol. The minimum Gasteiger partial charge on any atom is -0.319 e. The Balaban J connectivity index is 2.41. The number of benzene rings is 1. The van der Waals surface area contributed by atoms with Crippen molar-refractivity contribution in [2.75, 3.05) is 0 Å². The van der Waals surface area contributed by atoms with E-state index in [9.17, 15) is 4.39 Å². The summed E-state index contributed by atoms with van der Waals surface area (Å²) in [5.41, 5.74) is 8.35. The lowest BCUT2D eigenvalue weighted by Gasteiger charge is -2.11. The molecule has 0 spiro atoms. The van der Waals surface area contributed by atoms with Gasteiger partial charge in [-0.3, -0.25) is 0 Å². The number of hydrogen-bond acceptors (Lipinski definition) is 4. The van der Waals surface area contributed by atoms with Crippen LogP contribution >= 0.6 is 11.7 Å². The lowest BCUT2D eigenvalue weighted by Crippen LogP contribution is -2.13. The molecule has 1 heterocycles. The summed E-state index contributed by atoms with van der Waals surface area (Å²) in [5.74, 6) is -0.283. The summed E-state index contributed by atoms with van der Waals surface area (Å²) < 4.78 is 21.0. The van der Waals surface area contributed by atoms with E-state index >= 15 is 0 Å². The van der Waals surface area contributed by atoms with Gasteiger partial charge in [-0.1, -0.05) is 6.07 Å². The zero-order valence-corrected chi connectivity index (χ0v) is 8.96. The molecule has 0 aliphatic rings. The van der Waals surface area contributed by atoms with Gasteiger partial charge in [-0.25, -0.2) is 4.39 Å². The van der Waals surface area contributed by atoms with Crippen molar-refractivity contribution in [3.8, 4) is 0 Å². The number of halogens is 1. The standard InChI is InChI=1S/C10H10FN3S/c1-6-2-3-7(11)4-8(6)10(12)9-5-13-15-14-9/h2-5,10H,12H2,1H3. The molecule has 2 aromatic rings. The number of nitrogens with two attached hydrogens (primary N) is 1. The van der Waals surface area contributed by atoms with Gasteiger partial charge in [-0.05, 0) is 30.2 Å². The molecule has 0 radical (unpaired) electrons. The van der Waals surface area contributed by atoms with Gasteiger partial charge in [0.1, 0.15) is 5.82 Å². The van der Waals surface area contributed by atoms with Gasteiger partial charge in [0.2, 0.25) is 0 Å². The molecular formula is C10H10FN3S. The first-order valence-corrected chi connectivity index (χ1v) is 5.20. The van der Waals surface area contributed by atoms with E-state index in [0.29, 0.717) is 5.69 Å². The molecule has 2 rings (SSSR count). The second-order valence-corrected chi connectivity index (χ2v) is 3.87. The van der Waals surface area contributed by atoms with Crippen molar-refractivity contribution < 1.29 is 4.39 Å². The van der Waals surface area contributed by atoms with Gasteiger partial charge in [-0.15, -0.1) is 0 Å². The first kappa shape index (κ1) is 10.2. The van der Waals surface area contributed by atoms with Crippen molar-refractivity contribution >= 4 is 11.7 Å². The Morgan fingerprint density at radius 2 is 2.27 bits per heavy atom. The minimum absolute atomic E-state index is 0.283. The van der Waals surface area contributed by atoms with Crippen LogP contribution in [0.1, 0.15) is 22.9 Å². The lowest BCUT2D eigenvalue weighted by atomic mass is 10.00. The molecule has 0 aliphatic heterocycles. The van der Waals surface area contributed by atoms with Crippen LogP contribution in [0.25, 0.3) is 0 Å². The molecule has 5 heteroatoms. The molecule has 78 valence electrons. The molecule has 1 atom stereocenters. The number of aryl methyl sites for hydroxylation is 1. The van der Waals surface area contributed by atoms with Gasteiger partial charge in [0.25, 0.3) is 0 Å². The van der Waals surface area contributed by atoms with Crippen LogP contribution in [0.15, 0.2) is 24.4 Å². The second-order valence-electron chi connectivity index (χ2n) is 3.31. The number of rotatable bonds is 2. The van der Waals surface area contributed by atoms with Gasteiger partial charge >= 0.3 is 0 Å². The summed E-state index contributed by atoms with van der Waals surface area (Å²) in [7, 11) is 0. The van der Waals surface area contributed by atoms with Crippen molar-refractivity contribution in [3.63, 3.8) is 0 Å². The van der Waals surface area contributed by atoms with Crippen molar-refractivity contribution in [3.05, 3.63) is 47.0 Å². The summed E-state index contributed by atoms with van der Waals surface area (Å²) in [5, 5.41) is 0. The summed E-state index contributed by atoms with van der Waals surface area (Å²) >= 11 is 1.10. The van der Waals surface area contributed by atoms with Crippen LogP contribution in [0.3, 0.4) is 0 Å². The molecule has 0 fully saturated rings. The van der Waals surface area contributed by atoms with E-state index in [1.54, 1.807) is 12.3 Å². The third kappa shape index (κ3) is 2.03. The highest BCUT2D eigenvalue weighted by molar-refractivity contribution is 6.99. The molecule has 0 saturated carbocycles. The Morgan fingerprint density at radius 1 is 1.47 bits per heavy atom. The SMILES string of the molecule is Cc1ccc(F)cc1C(N)c1cnsn1. The van der Waals surface area contributed by atoms with Gasteiger partial charge in [0.05, 0.1) is 29.7 Å². The minimum atomic E-state index is -0.403. The van der Waals surface area contributed by atoms with E-state index < -0.39 is 6.04 Å². The van der Waals surface area contributed by atoms with Crippen molar-refractivity contribution in [2.24, 2.45) is 5.73 Å². The molecule has 15 heavy (non-hydrogen) atoms. The molecule has 3 nitrogen and oxygen atoms in total. The average Bonchev–Trinajstić information content (AvgIpc) is 2.74. The maximum absolute atomic E-state index is 13.1. The van der Waals surface area contributed by atoms with E-state index in [1.165, 1.54) is 12.1 Å². The highest BCUT2D eigenvalue weighted by Crippen LogP contribution is 2.22. The highest BCUT2D eigenvalue weighted by atomic mass is 32.1. The first-order chi connectivity index (χ1) is 7.18. The molecule has 0 amide bonds. The molecule has 1 unspecified atom stereocenters. The van der Waals surface area contributed by atoms with E-state index in [-0.39, 0.29) is 5.82 Å². The normalized spacial score (nSPS) is 12.7. The quantitative estimate of drug-likeness (QED) is 0.847. The van der Waals surface area contributed by atoms with Gasteiger partial charge in [0, 0.05) is 0 Å². The Hall–Kier alpha value is -1.33. The highest BCUT2D eigenvalue weighted by Gasteiger charge is 2.14. The molecule has 1 aromatic carbocycles. The average molecular weight is 223 g/mol. The number of aromatic nitrogens is 2. The Kier molecular flexibility index (Phi) is 2.75. The van der Waals surface area contributed by atoms with E-state index in [1.807, 2.05) is 6.92 Å². The molecule has 0 saturated heterocycles. The monoisotopic (exact) mass is 223 g/mol. The van der Waals surface area contributed by atoms with Gasteiger partial charge < -0.3 is 5.73 Å². The van der Waals surface area contributed by atoms with Crippen molar-refractivity contribution in [1.29, 1.82) is 0 Å². The first-order valence-electron chi connectivity index (χ1n) is 4.47. The summed E-state index contributed by atoms with van der Waals surface area (Å²) in [6, 6.07) is 4.17. The molecule has 1 aromatic heterocycles. The molecule has 0 aliphatic carbocycles. The zero-order chi connectivity index (χ0) is 10.8. The Bertz CT molecular complexity index is 456. The van der Waals surface area contributed by atoms with E-state index in [4.69, 9.17) is 5.73 Å². The van der Waals surface area contributed by atoms with Gasteiger partial charge in [-0.2, -0.15) is 8.75 Å². The third-order valence-corrected chi connectivity index (χ3v) is 2.77. The fraction of sp³-hybridized carbons (Fsp3) is 0.200. The fourth-order valence-electron chi connectivity index (χ4n) is 1.41. The van der Waals surface area contributed by atoms with Crippen molar-refractivity contribution in [1.82, 2.24) is 8.75 Å². The predicted octanol–water partition coefficient (Wildman–Crippen LogP) is 2.03. The second kappa shape index (κ2) is 4.04. The molecule has 2 N–H and O–H groups in total. The van der Waals surface area contributed by atoms with Crippen LogP contribution in [-0.4, -0.2) is 8.75 Å². The summed E-state index contributed by atoms with van der Waals surface area (Å²) in [6.45, 7) is 1.90. The topological polar surface area (TPSA) is 51.8 Å². The van der Waals surface area contributed by atoms with Crippen LogP contribution in [0.5, 0.6) is 0 Å². The molecular weight excluding hydrogens is 213 g/mol. The van der Waals surface area contributed by atoms with Crippen LogP contribution in [0.2, 0.25) is 0 Å². The maximum atomic E-state index is 13.1. The molecule has 0 bridgehead atoms. The van der Waals surface area contributed by atoms with Crippen molar-refractivity contribution in [2.45, 2.75) is 13.0 Å². The zero-order valence-electron chi connectivity index (χ0n) is 8.14. The fourth-order valence-corrected chi connectivity index (χ4v) is 1.87. The maximum Gasteiger partial charge on any atom is 0.123 e.